The van der Waals surface area contributed by atoms with Crippen LogP contribution in [0.5, 0.6) is 0 Å². The zero-order valence-corrected chi connectivity index (χ0v) is 11.5. The first-order valence-electron chi connectivity index (χ1n) is 6.91. The molecule has 0 spiro atoms. The van der Waals surface area contributed by atoms with Crippen LogP contribution in [0.2, 0.25) is 0 Å². The van der Waals surface area contributed by atoms with E-state index in [1.54, 1.807) is 0 Å². The van der Waals surface area contributed by atoms with Crippen molar-refractivity contribution >= 4 is 11.6 Å². The third kappa shape index (κ3) is 4.56. The molecule has 1 amide bonds. The van der Waals surface area contributed by atoms with E-state index in [1.165, 1.54) is 0 Å². The van der Waals surface area contributed by atoms with Crippen molar-refractivity contribution in [3.8, 4) is 6.07 Å². The van der Waals surface area contributed by atoms with Crippen LogP contribution in [0, 0.1) is 11.3 Å². The molecule has 1 aromatic carbocycles. The van der Waals surface area contributed by atoms with Gasteiger partial charge < -0.3 is 11.1 Å². The van der Waals surface area contributed by atoms with E-state index >= 15 is 0 Å². The largest absolute Gasteiger partial charge is 0.399 e. The number of benzene rings is 1. The van der Waals surface area contributed by atoms with Gasteiger partial charge in [0.05, 0.1) is 19.0 Å². The van der Waals surface area contributed by atoms with Gasteiger partial charge in [-0.25, -0.2) is 0 Å². The first-order valence-corrected chi connectivity index (χ1v) is 6.91. The molecule has 0 aliphatic heterocycles. The first-order chi connectivity index (χ1) is 9.69. The average Bonchev–Trinajstić information content (AvgIpc) is 3.22. The lowest BCUT2D eigenvalue weighted by molar-refractivity contribution is -0.122. The number of hydrogen-bond acceptors (Lipinski definition) is 4. The van der Waals surface area contributed by atoms with E-state index in [1.807, 2.05) is 30.3 Å². The van der Waals surface area contributed by atoms with E-state index < -0.39 is 0 Å². The Bertz CT molecular complexity index is 505. The minimum Gasteiger partial charge on any atom is -0.399 e. The molecule has 106 valence electrons. The fraction of sp³-hybridized carbons (Fsp3) is 0.467. The van der Waals surface area contributed by atoms with Gasteiger partial charge in [-0.1, -0.05) is 12.1 Å². The Hall–Kier alpha value is -2.06. The summed E-state index contributed by atoms with van der Waals surface area (Å²) in [4.78, 5) is 14.0. The number of carbonyl (C=O) groups is 1. The minimum atomic E-state index is -0.0175. The molecule has 1 fully saturated rings. The van der Waals surface area contributed by atoms with Gasteiger partial charge in [0, 0.05) is 24.8 Å². The van der Waals surface area contributed by atoms with E-state index in [-0.39, 0.29) is 5.91 Å². The molecule has 0 atom stereocenters. The third-order valence-electron chi connectivity index (χ3n) is 3.31. The molecular weight excluding hydrogens is 252 g/mol. The Morgan fingerprint density at radius 2 is 2.30 bits per heavy atom. The molecule has 20 heavy (non-hydrogen) atoms. The maximum atomic E-state index is 11.8. The molecule has 1 aromatic rings. The summed E-state index contributed by atoms with van der Waals surface area (Å²) in [5.74, 6) is -0.0175. The predicted molar refractivity (Wildman–Crippen MR) is 77.5 cm³/mol. The van der Waals surface area contributed by atoms with Crippen molar-refractivity contribution < 1.29 is 4.79 Å². The Morgan fingerprint density at radius 3 is 2.95 bits per heavy atom. The maximum Gasteiger partial charge on any atom is 0.234 e. The monoisotopic (exact) mass is 272 g/mol. The molecule has 1 aliphatic rings. The summed E-state index contributed by atoms with van der Waals surface area (Å²) in [6.45, 7) is 1.54. The standard InChI is InChI=1S/C15H20N4O/c16-7-2-8-18-15(20)11-19(14-5-6-14)10-12-3-1-4-13(17)9-12/h1,3-4,9,14H,2,5-6,8,10-11,17H2,(H,18,20). The van der Waals surface area contributed by atoms with Gasteiger partial charge in [0.2, 0.25) is 5.91 Å². The number of rotatable bonds is 7. The van der Waals surface area contributed by atoms with Crippen molar-refractivity contribution in [2.45, 2.75) is 31.8 Å². The predicted octanol–water partition coefficient (Wildman–Crippen LogP) is 1.26. The second-order valence-electron chi connectivity index (χ2n) is 5.14. The van der Waals surface area contributed by atoms with Crippen LogP contribution in [-0.4, -0.2) is 29.9 Å². The average molecular weight is 272 g/mol. The summed E-state index contributed by atoms with van der Waals surface area (Å²) < 4.78 is 0. The number of anilines is 1. The SMILES string of the molecule is N#CCCNC(=O)CN(Cc1cccc(N)c1)C1CC1. The van der Waals surface area contributed by atoms with Gasteiger partial charge in [-0.3, -0.25) is 9.69 Å². The lowest BCUT2D eigenvalue weighted by atomic mass is 10.2. The third-order valence-corrected chi connectivity index (χ3v) is 3.31. The second kappa shape index (κ2) is 6.92. The molecule has 5 nitrogen and oxygen atoms in total. The highest BCUT2D eigenvalue weighted by Gasteiger charge is 2.30. The summed E-state index contributed by atoms with van der Waals surface area (Å²) in [7, 11) is 0. The molecule has 1 saturated carbocycles. The maximum absolute atomic E-state index is 11.8. The van der Waals surface area contributed by atoms with Gasteiger partial charge in [0.25, 0.3) is 0 Å². The van der Waals surface area contributed by atoms with Crippen LogP contribution in [0.4, 0.5) is 5.69 Å². The number of nitriles is 1. The summed E-state index contributed by atoms with van der Waals surface area (Å²) >= 11 is 0. The van der Waals surface area contributed by atoms with Crippen LogP contribution >= 0.6 is 0 Å². The van der Waals surface area contributed by atoms with Crippen molar-refractivity contribution in [3.63, 3.8) is 0 Å². The number of carbonyl (C=O) groups excluding carboxylic acids is 1. The van der Waals surface area contributed by atoms with Crippen LogP contribution < -0.4 is 11.1 Å². The molecule has 0 bridgehead atoms. The summed E-state index contributed by atoms with van der Waals surface area (Å²) in [5, 5.41) is 11.2. The van der Waals surface area contributed by atoms with Gasteiger partial charge in [0.15, 0.2) is 0 Å². The molecule has 0 radical (unpaired) electrons. The Balaban J connectivity index is 1.88. The smallest absolute Gasteiger partial charge is 0.234 e. The number of nitrogen functional groups attached to an aromatic ring is 1. The van der Waals surface area contributed by atoms with E-state index in [9.17, 15) is 4.79 Å². The van der Waals surface area contributed by atoms with Crippen LogP contribution in [0.3, 0.4) is 0 Å². The number of nitrogens with two attached hydrogens (primary N) is 1. The number of nitrogens with zero attached hydrogens (tertiary/aromatic N) is 2. The van der Waals surface area contributed by atoms with Gasteiger partial charge in [-0.2, -0.15) is 5.26 Å². The Morgan fingerprint density at radius 1 is 1.50 bits per heavy atom. The van der Waals surface area contributed by atoms with Crippen molar-refractivity contribution in [1.82, 2.24) is 10.2 Å². The Labute approximate surface area is 119 Å². The molecule has 0 saturated heterocycles. The van der Waals surface area contributed by atoms with Crippen LogP contribution in [0.15, 0.2) is 24.3 Å². The van der Waals surface area contributed by atoms with Crippen LogP contribution in [-0.2, 0) is 11.3 Å². The minimum absolute atomic E-state index is 0.0175. The van der Waals surface area contributed by atoms with Crippen LogP contribution in [0.25, 0.3) is 0 Å². The normalized spacial score (nSPS) is 14.0. The van der Waals surface area contributed by atoms with Gasteiger partial charge in [0.1, 0.15) is 0 Å². The highest BCUT2D eigenvalue weighted by Crippen LogP contribution is 2.28. The van der Waals surface area contributed by atoms with Crippen molar-refractivity contribution in [2.24, 2.45) is 0 Å². The van der Waals surface area contributed by atoms with Crippen LogP contribution in [0.1, 0.15) is 24.8 Å². The summed E-state index contributed by atoms with van der Waals surface area (Å²) in [6, 6.07) is 10.3. The highest BCUT2D eigenvalue weighted by atomic mass is 16.2. The first kappa shape index (κ1) is 14.4. The molecule has 0 unspecified atom stereocenters. The van der Waals surface area contributed by atoms with Crippen molar-refractivity contribution in [1.29, 1.82) is 5.26 Å². The summed E-state index contributed by atoms with van der Waals surface area (Å²) in [5.41, 5.74) is 7.65. The molecule has 5 heteroatoms. The van der Waals surface area contributed by atoms with E-state index in [2.05, 4.69) is 10.2 Å². The lowest BCUT2D eigenvalue weighted by Crippen LogP contribution is -2.38. The second-order valence-corrected chi connectivity index (χ2v) is 5.14. The van der Waals surface area contributed by atoms with Crippen molar-refractivity contribution in [3.05, 3.63) is 29.8 Å². The Kier molecular flexibility index (Phi) is 4.97. The number of hydrogen-bond donors (Lipinski definition) is 2. The summed E-state index contributed by atoms with van der Waals surface area (Å²) in [6.07, 6.45) is 2.64. The molecule has 1 aliphatic carbocycles. The van der Waals surface area contributed by atoms with Gasteiger partial charge in [-0.05, 0) is 30.5 Å². The van der Waals surface area contributed by atoms with E-state index in [4.69, 9.17) is 11.0 Å². The van der Waals surface area contributed by atoms with Gasteiger partial charge in [-0.15, -0.1) is 0 Å². The molecule has 2 rings (SSSR count). The zero-order valence-electron chi connectivity index (χ0n) is 11.5. The van der Waals surface area contributed by atoms with Crippen molar-refractivity contribution in [2.75, 3.05) is 18.8 Å². The lowest BCUT2D eigenvalue weighted by Gasteiger charge is -2.21. The van der Waals surface area contributed by atoms with E-state index in [0.29, 0.717) is 25.6 Å². The zero-order chi connectivity index (χ0) is 14.4. The van der Waals surface area contributed by atoms with Gasteiger partial charge >= 0.3 is 0 Å². The molecule has 3 N–H and O–H groups in total. The highest BCUT2D eigenvalue weighted by molar-refractivity contribution is 5.78. The quantitative estimate of drug-likeness (QED) is 0.578. The topological polar surface area (TPSA) is 82.2 Å². The fourth-order valence-corrected chi connectivity index (χ4v) is 2.18. The molecule has 0 aromatic heterocycles. The molecule has 0 heterocycles. The number of amides is 1. The van der Waals surface area contributed by atoms with E-state index in [0.717, 1.165) is 30.6 Å². The molecular formula is C15H20N4O. The fourth-order valence-electron chi connectivity index (χ4n) is 2.18. The number of nitrogens with one attached hydrogen (secondary N) is 1.